The minimum Gasteiger partial charge on any atom is -0.283 e. The van der Waals surface area contributed by atoms with Crippen molar-refractivity contribution >= 4 is 15.7 Å². The predicted octanol–water partition coefficient (Wildman–Crippen LogP) is 2.18. The highest BCUT2D eigenvalue weighted by molar-refractivity contribution is 7.92. The Balaban J connectivity index is 3.22. The molecule has 84 valence electrons. The van der Waals surface area contributed by atoms with Gasteiger partial charge in [-0.05, 0) is 24.0 Å². The van der Waals surface area contributed by atoms with Crippen LogP contribution in [0.5, 0.6) is 0 Å². The van der Waals surface area contributed by atoms with Crippen molar-refractivity contribution in [3.8, 4) is 0 Å². The Morgan fingerprint density at radius 3 is 1.93 bits per heavy atom. The van der Waals surface area contributed by atoms with E-state index >= 15 is 0 Å². The Morgan fingerprint density at radius 1 is 1.13 bits per heavy atom. The zero-order valence-corrected chi connectivity index (χ0v) is 10.2. The molecule has 4 heteroatoms. The van der Waals surface area contributed by atoms with Gasteiger partial charge in [-0.15, -0.1) is 0 Å². The minimum absolute atomic E-state index is 0.755. The molecule has 1 rings (SSSR count). The van der Waals surface area contributed by atoms with Crippen LogP contribution in [-0.2, 0) is 22.9 Å². The first-order valence-corrected chi connectivity index (χ1v) is 6.95. The molecule has 0 aromatic heterocycles. The van der Waals surface area contributed by atoms with E-state index in [4.69, 9.17) is 0 Å². The van der Waals surface area contributed by atoms with Gasteiger partial charge in [0.15, 0.2) is 0 Å². The molecule has 0 saturated carbocycles. The van der Waals surface area contributed by atoms with Crippen LogP contribution in [0.4, 0.5) is 5.69 Å². The Bertz CT molecular complexity index is 416. The Labute approximate surface area is 91.6 Å². The van der Waals surface area contributed by atoms with Gasteiger partial charge in [0.25, 0.3) is 0 Å². The van der Waals surface area contributed by atoms with Gasteiger partial charge in [0.1, 0.15) is 0 Å². The molecule has 0 aliphatic rings. The molecule has 0 bridgehead atoms. The van der Waals surface area contributed by atoms with Gasteiger partial charge in [0.05, 0.1) is 11.9 Å². The number of rotatable bonds is 4. The first kappa shape index (κ1) is 12.0. The second-order valence-corrected chi connectivity index (χ2v) is 5.28. The third-order valence-corrected chi connectivity index (χ3v) is 2.86. The lowest BCUT2D eigenvalue weighted by molar-refractivity contribution is 0.606. The Kier molecular flexibility index (Phi) is 3.74. The lowest BCUT2D eigenvalue weighted by atomic mass is 10.0. The quantitative estimate of drug-likeness (QED) is 0.857. The fourth-order valence-corrected chi connectivity index (χ4v) is 2.19. The summed E-state index contributed by atoms with van der Waals surface area (Å²) in [4.78, 5) is 0. The highest BCUT2D eigenvalue weighted by atomic mass is 32.2. The molecule has 0 atom stereocenters. The zero-order valence-electron chi connectivity index (χ0n) is 9.37. The normalized spacial score (nSPS) is 11.4. The van der Waals surface area contributed by atoms with Crippen molar-refractivity contribution in [3.63, 3.8) is 0 Å². The average Bonchev–Trinajstić information content (AvgIpc) is 2.16. The highest BCUT2D eigenvalue weighted by Gasteiger charge is 2.09. The van der Waals surface area contributed by atoms with Gasteiger partial charge in [-0.25, -0.2) is 8.42 Å². The van der Waals surface area contributed by atoms with Crippen molar-refractivity contribution in [2.24, 2.45) is 0 Å². The average molecular weight is 227 g/mol. The number of benzene rings is 1. The summed E-state index contributed by atoms with van der Waals surface area (Å²) < 4.78 is 25.0. The van der Waals surface area contributed by atoms with Crippen molar-refractivity contribution in [2.75, 3.05) is 11.0 Å². The first-order chi connectivity index (χ1) is 6.98. The molecule has 1 N–H and O–H groups in total. The highest BCUT2D eigenvalue weighted by Crippen LogP contribution is 2.23. The molecule has 0 unspecified atom stereocenters. The summed E-state index contributed by atoms with van der Waals surface area (Å²) in [6, 6.07) is 5.87. The topological polar surface area (TPSA) is 46.2 Å². The molecule has 15 heavy (non-hydrogen) atoms. The molecule has 0 saturated heterocycles. The second kappa shape index (κ2) is 4.66. The number of anilines is 1. The van der Waals surface area contributed by atoms with Crippen LogP contribution in [0, 0.1) is 0 Å². The number of aryl methyl sites for hydroxylation is 2. The fraction of sp³-hybridized carbons (Fsp3) is 0.455. The summed E-state index contributed by atoms with van der Waals surface area (Å²) >= 11 is 0. The van der Waals surface area contributed by atoms with Crippen molar-refractivity contribution in [1.29, 1.82) is 0 Å². The molecule has 0 radical (unpaired) electrons. The smallest absolute Gasteiger partial charge is 0.229 e. The van der Waals surface area contributed by atoms with Crippen LogP contribution in [0.15, 0.2) is 18.2 Å². The molecule has 0 amide bonds. The second-order valence-electron chi connectivity index (χ2n) is 3.53. The van der Waals surface area contributed by atoms with E-state index in [1.54, 1.807) is 0 Å². The maximum atomic E-state index is 11.2. The molecule has 0 aliphatic carbocycles. The van der Waals surface area contributed by atoms with Crippen molar-refractivity contribution < 1.29 is 8.42 Å². The summed E-state index contributed by atoms with van der Waals surface area (Å²) in [5.74, 6) is 0. The third kappa shape index (κ3) is 3.23. The maximum absolute atomic E-state index is 11.2. The fourth-order valence-electron chi connectivity index (χ4n) is 1.56. The lowest BCUT2D eigenvalue weighted by Crippen LogP contribution is -2.13. The summed E-state index contributed by atoms with van der Waals surface area (Å²) in [6.45, 7) is 4.03. The SMILES string of the molecule is CCc1cccc(CC)c1NS(C)(=O)=O. The van der Waals surface area contributed by atoms with E-state index in [1.165, 1.54) is 6.26 Å². The molecule has 0 heterocycles. The molecular weight excluding hydrogens is 210 g/mol. The summed E-state index contributed by atoms with van der Waals surface area (Å²) in [6.07, 6.45) is 2.83. The number of sulfonamides is 1. The van der Waals surface area contributed by atoms with Gasteiger partial charge in [0, 0.05) is 0 Å². The summed E-state index contributed by atoms with van der Waals surface area (Å²) in [7, 11) is -3.19. The molecular formula is C11H17NO2S. The monoisotopic (exact) mass is 227 g/mol. The number of nitrogens with one attached hydrogen (secondary N) is 1. The molecule has 0 aliphatic heterocycles. The van der Waals surface area contributed by atoms with Gasteiger partial charge in [0.2, 0.25) is 10.0 Å². The van der Waals surface area contributed by atoms with Crippen molar-refractivity contribution in [3.05, 3.63) is 29.3 Å². The van der Waals surface area contributed by atoms with E-state index in [0.29, 0.717) is 0 Å². The summed E-state index contributed by atoms with van der Waals surface area (Å²) in [5, 5.41) is 0. The van der Waals surface area contributed by atoms with E-state index in [0.717, 1.165) is 29.7 Å². The van der Waals surface area contributed by atoms with E-state index in [2.05, 4.69) is 4.72 Å². The minimum atomic E-state index is -3.19. The maximum Gasteiger partial charge on any atom is 0.229 e. The first-order valence-electron chi connectivity index (χ1n) is 5.06. The van der Waals surface area contributed by atoms with E-state index in [-0.39, 0.29) is 0 Å². The summed E-state index contributed by atoms with van der Waals surface area (Å²) in [5.41, 5.74) is 2.84. The zero-order chi connectivity index (χ0) is 11.5. The lowest BCUT2D eigenvalue weighted by Gasteiger charge is -2.13. The van der Waals surface area contributed by atoms with Gasteiger partial charge >= 0.3 is 0 Å². The third-order valence-electron chi connectivity index (χ3n) is 2.29. The van der Waals surface area contributed by atoms with Crippen molar-refractivity contribution in [1.82, 2.24) is 0 Å². The van der Waals surface area contributed by atoms with Crippen LogP contribution >= 0.6 is 0 Å². The van der Waals surface area contributed by atoms with E-state index < -0.39 is 10.0 Å². The number of para-hydroxylation sites is 1. The predicted molar refractivity (Wildman–Crippen MR) is 63.7 cm³/mol. The van der Waals surface area contributed by atoms with Crippen LogP contribution in [-0.4, -0.2) is 14.7 Å². The number of hydrogen-bond acceptors (Lipinski definition) is 2. The van der Waals surface area contributed by atoms with E-state index in [9.17, 15) is 8.42 Å². The molecule has 3 nitrogen and oxygen atoms in total. The molecule has 0 fully saturated rings. The van der Waals surface area contributed by atoms with Crippen LogP contribution < -0.4 is 4.72 Å². The van der Waals surface area contributed by atoms with Gasteiger partial charge in [-0.3, -0.25) is 4.72 Å². The van der Waals surface area contributed by atoms with Crippen LogP contribution in [0.3, 0.4) is 0 Å². The largest absolute Gasteiger partial charge is 0.283 e. The molecule has 1 aromatic carbocycles. The van der Waals surface area contributed by atoms with Gasteiger partial charge < -0.3 is 0 Å². The van der Waals surface area contributed by atoms with Gasteiger partial charge in [-0.1, -0.05) is 32.0 Å². The standard InChI is InChI=1S/C11H17NO2S/c1-4-9-7-6-8-10(5-2)11(9)12-15(3,13)14/h6-8,12H,4-5H2,1-3H3. The number of hydrogen-bond donors (Lipinski definition) is 1. The van der Waals surface area contributed by atoms with Crippen molar-refractivity contribution in [2.45, 2.75) is 26.7 Å². The molecule has 0 spiro atoms. The van der Waals surface area contributed by atoms with Crippen LogP contribution in [0.25, 0.3) is 0 Å². The van der Waals surface area contributed by atoms with E-state index in [1.807, 2.05) is 32.0 Å². The van der Waals surface area contributed by atoms with Crippen LogP contribution in [0.1, 0.15) is 25.0 Å². The molecule has 1 aromatic rings. The van der Waals surface area contributed by atoms with Gasteiger partial charge in [-0.2, -0.15) is 0 Å². The Hall–Kier alpha value is -1.03. The Morgan fingerprint density at radius 2 is 1.60 bits per heavy atom. The van der Waals surface area contributed by atoms with Crippen LogP contribution in [0.2, 0.25) is 0 Å².